The third-order valence-corrected chi connectivity index (χ3v) is 6.09. The highest BCUT2D eigenvalue weighted by molar-refractivity contribution is 14.0. The van der Waals surface area contributed by atoms with Crippen LogP contribution in [0.1, 0.15) is 35.4 Å². The zero-order chi connectivity index (χ0) is 19.8. The monoisotopic (exact) mass is 532 g/mol. The van der Waals surface area contributed by atoms with Gasteiger partial charge in [-0.15, -0.1) is 35.3 Å². The van der Waals surface area contributed by atoms with Gasteiger partial charge in [-0.1, -0.05) is 18.2 Å². The average molecular weight is 532 g/mol. The molecule has 2 aromatic rings. The Bertz CT molecular complexity index is 736. The van der Waals surface area contributed by atoms with Crippen LogP contribution in [0.15, 0.2) is 46.8 Å². The van der Waals surface area contributed by atoms with Crippen molar-refractivity contribution < 1.29 is 9.13 Å². The molecule has 0 radical (unpaired) electrons. The minimum absolute atomic E-state index is 0. The summed E-state index contributed by atoms with van der Waals surface area (Å²) >= 11 is 1.80. The maximum absolute atomic E-state index is 13.2. The summed E-state index contributed by atoms with van der Waals surface area (Å²) in [6, 6.07) is 11.1. The van der Waals surface area contributed by atoms with Crippen molar-refractivity contribution in [1.82, 2.24) is 15.5 Å². The molecule has 0 spiro atoms. The molecule has 5 nitrogen and oxygen atoms in total. The third-order valence-electron chi connectivity index (χ3n) is 5.12. The quantitative estimate of drug-likeness (QED) is 0.304. The summed E-state index contributed by atoms with van der Waals surface area (Å²) in [6.45, 7) is 3.64. The maximum Gasteiger partial charge on any atom is 0.191 e. The molecule has 1 aromatic heterocycles. The molecule has 0 amide bonds. The van der Waals surface area contributed by atoms with Gasteiger partial charge in [0.1, 0.15) is 5.82 Å². The van der Waals surface area contributed by atoms with E-state index in [1.165, 1.54) is 29.9 Å². The molecule has 0 bridgehead atoms. The van der Waals surface area contributed by atoms with Gasteiger partial charge in [0.2, 0.25) is 0 Å². The first-order valence-electron chi connectivity index (χ1n) is 9.71. The smallest absolute Gasteiger partial charge is 0.191 e. The molecule has 2 unspecified atom stereocenters. The Morgan fingerprint density at radius 2 is 1.86 bits per heavy atom. The summed E-state index contributed by atoms with van der Waals surface area (Å²) in [5.74, 6) is 0.496. The second-order valence-electron chi connectivity index (χ2n) is 6.88. The Morgan fingerprint density at radius 3 is 2.45 bits per heavy atom. The molecule has 1 aliphatic rings. The predicted octanol–water partition coefficient (Wildman–Crippen LogP) is 4.19. The molecule has 1 aromatic carbocycles. The van der Waals surface area contributed by atoms with Gasteiger partial charge in [-0.2, -0.15) is 0 Å². The number of nitrogens with zero attached hydrogens (tertiary/aromatic N) is 2. The Labute approximate surface area is 193 Å². The largest absolute Gasteiger partial charge is 0.375 e. The number of guanidine groups is 1. The Morgan fingerprint density at radius 1 is 1.17 bits per heavy atom. The average Bonchev–Trinajstić information content (AvgIpc) is 3.43. The van der Waals surface area contributed by atoms with Gasteiger partial charge in [0.05, 0.1) is 12.1 Å². The zero-order valence-corrected chi connectivity index (χ0v) is 20.1. The topological polar surface area (TPSA) is 48.9 Å². The molecule has 2 heterocycles. The Hall–Kier alpha value is -1.23. The fourth-order valence-corrected chi connectivity index (χ4v) is 4.42. The summed E-state index contributed by atoms with van der Waals surface area (Å²) in [7, 11) is 3.43. The van der Waals surface area contributed by atoms with Crippen LogP contribution in [0.3, 0.4) is 0 Å². The number of likely N-dealkylation sites (tertiary alicyclic amines) is 1. The van der Waals surface area contributed by atoms with E-state index in [1.54, 1.807) is 37.6 Å². The summed E-state index contributed by atoms with van der Waals surface area (Å²) in [5, 5.41) is 8.93. The van der Waals surface area contributed by atoms with Crippen LogP contribution < -0.4 is 10.6 Å². The molecular formula is C21H30FIN4OS. The van der Waals surface area contributed by atoms with Crippen LogP contribution in [0, 0.1) is 5.82 Å². The van der Waals surface area contributed by atoms with Crippen LogP contribution in [0.4, 0.5) is 4.39 Å². The van der Waals surface area contributed by atoms with Gasteiger partial charge < -0.3 is 15.4 Å². The van der Waals surface area contributed by atoms with Gasteiger partial charge in [-0.25, -0.2) is 4.39 Å². The van der Waals surface area contributed by atoms with Crippen molar-refractivity contribution in [3.05, 3.63) is 58.0 Å². The second-order valence-corrected chi connectivity index (χ2v) is 7.86. The normalized spacial score (nSPS) is 16.9. The van der Waals surface area contributed by atoms with Crippen molar-refractivity contribution in [2.45, 2.75) is 25.0 Å². The molecule has 2 atom stereocenters. The highest BCUT2D eigenvalue weighted by Crippen LogP contribution is 2.27. The summed E-state index contributed by atoms with van der Waals surface area (Å²) < 4.78 is 18.7. The van der Waals surface area contributed by atoms with E-state index in [-0.39, 0.29) is 35.9 Å². The molecule has 1 fully saturated rings. The number of ether oxygens (including phenoxy) is 1. The molecule has 29 heavy (non-hydrogen) atoms. The van der Waals surface area contributed by atoms with Crippen LogP contribution >= 0.6 is 35.3 Å². The molecule has 0 aliphatic carbocycles. The number of nitrogens with one attached hydrogen (secondary N) is 2. The maximum atomic E-state index is 13.2. The van der Waals surface area contributed by atoms with E-state index in [4.69, 9.17) is 4.74 Å². The molecule has 2 N–H and O–H groups in total. The van der Waals surface area contributed by atoms with E-state index in [9.17, 15) is 4.39 Å². The number of benzene rings is 1. The van der Waals surface area contributed by atoms with Gasteiger partial charge in [-0.05, 0) is 55.1 Å². The number of thiophene rings is 1. The Kier molecular flexibility index (Phi) is 10.3. The van der Waals surface area contributed by atoms with E-state index >= 15 is 0 Å². The fraction of sp³-hybridized carbons (Fsp3) is 0.476. The van der Waals surface area contributed by atoms with E-state index in [0.717, 1.165) is 31.2 Å². The molecule has 3 rings (SSSR count). The zero-order valence-electron chi connectivity index (χ0n) is 16.9. The predicted molar refractivity (Wildman–Crippen MR) is 129 cm³/mol. The van der Waals surface area contributed by atoms with Crippen molar-refractivity contribution in [2.24, 2.45) is 4.99 Å². The number of hydrogen-bond donors (Lipinski definition) is 2. The molecule has 1 aliphatic heterocycles. The standard InChI is InChI=1S/C21H29FN4OS.HI/c1-23-21(25-15-19(27-2)16-7-9-17(22)10-8-16)24-14-18(20-6-5-13-28-20)26-11-3-4-12-26;/h5-10,13,18-19H,3-4,11-12,14-15H2,1-2H3,(H2,23,24,25);1H. The highest BCUT2D eigenvalue weighted by atomic mass is 127. The molecular weight excluding hydrogens is 502 g/mol. The number of halogens is 2. The lowest BCUT2D eigenvalue weighted by atomic mass is 10.1. The number of hydrogen-bond acceptors (Lipinski definition) is 4. The molecule has 0 saturated carbocycles. The van der Waals surface area contributed by atoms with Crippen LogP contribution in [-0.2, 0) is 4.74 Å². The van der Waals surface area contributed by atoms with Crippen LogP contribution in [0.2, 0.25) is 0 Å². The first-order chi connectivity index (χ1) is 13.7. The summed E-state index contributed by atoms with van der Waals surface area (Å²) in [5.41, 5.74) is 0.931. The van der Waals surface area contributed by atoms with Crippen molar-refractivity contribution in [3.8, 4) is 0 Å². The number of methoxy groups -OCH3 is 1. The number of rotatable bonds is 8. The van der Waals surface area contributed by atoms with Crippen LogP contribution in [-0.4, -0.2) is 51.2 Å². The fourth-order valence-electron chi connectivity index (χ4n) is 3.56. The van der Waals surface area contributed by atoms with Gasteiger partial charge >= 0.3 is 0 Å². The lowest BCUT2D eigenvalue weighted by Gasteiger charge is -2.28. The first-order valence-corrected chi connectivity index (χ1v) is 10.6. The number of aliphatic imine (C=N–C) groups is 1. The SMILES string of the molecule is CN=C(NCC(OC)c1ccc(F)cc1)NCC(c1cccs1)N1CCCC1.I. The van der Waals surface area contributed by atoms with Crippen molar-refractivity contribution >= 4 is 41.3 Å². The summed E-state index contributed by atoms with van der Waals surface area (Å²) in [6.07, 6.45) is 2.36. The first kappa shape index (κ1) is 24.0. The third kappa shape index (κ3) is 6.91. The molecule has 1 saturated heterocycles. The van der Waals surface area contributed by atoms with E-state index in [2.05, 4.69) is 38.0 Å². The Balaban J connectivity index is 0.00000300. The second kappa shape index (κ2) is 12.5. The van der Waals surface area contributed by atoms with Crippen LogP contribution in [0.5, 0.6) is 0 Å². The van der Waals surface area contributed by atoms with Crippen molar-refractivity contribution in [1.29, 1.82) is 0 Å². The minimum atomic E-state index is -0.245. The van der Waals surface area contributed by atoms with Gasteiger partial charge in [0.25, 0.3) is 0 Å². The van der Waals surface area contributed by atoms with E-state index < -0.39 is 0 Å². The molecule has 160 valence electrons. The molecule has 8 heteroatoms. The van der Waals surface area contributed by atoms with E-state index in [1.807, 2.05) is 0 Å². The van der Waals surface area contributed by atoms with Crippen molar-refractivity contribution in [3.63, 3.8) is 0 Å². The lowest BCUT2D eigenvalue weighted by molar-refractivity contribution is 0.106. The van der Waals surface area contributed by atoms with Gasteiger partial charge in [0, 0.05) is 32.1 Å². The summed E-state index contributed by atoms with van der Waals surface area (Å²) in [4.78, 5) is 8.27. The minimum Gasteiger partial charge on any atom is -0.375 e. The van der Waals surface area contributed by atoms with E-state index in [0.29, 0.717) is 12.6 Å². The van der Waals surface area contributed by atoms with Crippen LogP contribution in [0.25, 0.3) is 0 Å². The lowest BCUT2D eigenvalue weighted by Crippen LogP contribution is -2.43. The van der Waals surface area contributed by atoms with Gasteiger partial charge in [0.15, 0.2) is 5.96 Å². The van der Waals surface area contributed by atoms with Crippen molar-refractivity contribution in [2.75, 3.05) is 40.3 Å². The highest BCUT2D eigenvalue weighted by Gasteiger charge is 2.24. The van der Waals surface area contributed by atoms with Gasteiger partial charge in [-0.3, -0.25) is 9.89 Å².